The molecular formula is C22H28FN3O5. The number of carbonyl (C=O) groups is 2. The van der Waals surface area contributed by atoms with Gasteiger partial charge in [0.05, 0.1) is 25.2 Å². The van der Waals surface area contributed by atoms with Crippen molar-refractivity contribution in [2.24, 2.45) is 5.73 Å². The highest BCUT2D eigenvalue weighted by Gasteiger charge is 2.26. The van der Waals surface area contributed by atoms with E-state index in [0.29, 0.717) is 5.56 Å². The minimum atomic E-state index is -1.30. The molecule has 6 N–H and O–H groups in total. The third-order valence-corrected chi connectivity index (χ3v) is 4.85. The molecule has 0 aliphatic rings. The Kier molecular flexibility index (Phi) is 8.77. The highest BCUT2D eigenvalue weighted by Crippen LogP contribution is 2.18. The van der Waals surface area contributed by atoms with Crippen LogP contribution in [-0.4, -0.2) is 57.5 Å². The molecule has 0 radical (unpaired) electrons. The maximum atomic E-state index is 13.6. The highest BCUT2D eigenvalue weighted by atomic mass is 19.1. The topological polar surface area (TPSA) is 136 Å². The molecule has 2 unspecified atom stereocenters. The molecule has 0 aliphatic heterocycles. The Morgan fingerprint density at radius 3 is 2.48 bits per heavy atom. The van der Waals surface area contributed by atoms with Gasteiger partial charge >= 0.3 is 6.09 Å². The van der Waals surface area contributed by atoms with Gasteiger partial charge in [-0.15, -0.1) is 0 Å². The van der Waals surface area contributed by atoms with Gasteiger partial charge in [-0.1, -0.05) is 31.2 Å². The van der Waals surface area contributed by atoms with Crippen LogP contribution in [0, 0.1) is 5.82 Å². The van der Waals surface area contributed by atoms with Gasteiger partial charge in [-0.2, -0.15) is 0 Å². The summed E-state index contributed by atoms with van der Waals surface area (Å²) in [5, 5.41) is 32.5. The number of aliphatic hydroxyl groups is 1. The zero-order chi connectivity index (χ0) is 23.0. The van der Waals surface area contributed by atoms with Crippen LogP contribution in [0.15, 0.2) is 42.5 Å². The average Bonchev–Trinajstić information content (AvgIpc) is 2.71. The number of aliphatic hydroxyl groups excluding tert-OH is 1. The second-order valence-corrected chi connectivity index (χ2v) is 7.30. The summed E-state index contributed by atoms with van der Waals surface area (Å²) in [6, 6.07) is 9.94. The summed E-state index contributed by atoms with van der Waals surface area (Å²) in [4.78, 5) is 24.6. The molecule has 0 bridgehead atoms. The molecule has 0 saturated heterocycles. The molecule has 8 nitrogen and oxygen atoms in total. The number of rotatable bonds is 10. The molecule has 0 fully saturated rings. The van der Waals surface area contributed by atoms with Crippen molar-refractivity contribution in [1.29, 1.82) is 0 Å². The Bertz CT molecular complexity index is 888. The highest BCUT2D eigenvalue weighted by molar-refractivity contribution is 5.78. The number of phenolic OH excluding ortho intramolecular Hbond substituents is 1. The smallest absolute Gasteiger partial charge is 0.407 e. The molecule has 2 atom stereocenters. The normalized spacial score (nSPS) is 12.8. The quantitative estimate of drug-likeness (QED) is 0.386. The molecule has 168 valence electrons. The number of phenols is 1. The standard InChI is InChI=1S/C22H28FN3O5/c1-2-14-4-3-5-15(6-14)12-26(22(30)31)13-20(28)19(25-21(29)11-24)9-16-7-17(23)10-18(27)8-16/h3-8,10,19-20,27-28H,2,9,11-13,24H2,1H3,(H,25,29)(H,30,31). The molecule has 0 aromatic heterocycles. The average molecular weight is 433 g/mol. The van der Waals surface area contributed by atoms with Crippen molar-refractivity contribution in [1.82, 2.24) is 10.2 Å². The summed E-state index contributed by atoms with van der Waals surface area (Å²) in [5.41, 5.74) is 7.50. The Morgan fingerprint density at radius 1 is 1.16 bits per heavy atom. The van der Waals surface area contributed by atoms with E-state index in [2.05, 4.69) is 5.32 Å². The summed E-state index contributed by atoms with van der Waals surface area (Å²) in [5.74, 6) is -1.52. The van der Waals surface area contributed by atoms with Crippen LogP contribution in [0.5, 0.6) is 5.75 Å². The van der Waals surface area contributed by atoms with E-state index >= 15 is 0 Å². The molecule has 31 heavy (non-hydrogen) atoms. The van der Waals surface area contributed by atoms with E-state index in [9.17, 15) is 29.3 Å². The summed E-state index contributed by atoms with van der Waals surface area (Å²) in [6.45, 7) is 1.43. The maximum absolute atomic E-state index is 13.6. The van der Waals surface area contributed by atoms with Crippen LogP contribution >= 0.6 is 0 Å². The number of halogens is 1. The number of nitrogens with one attached hydrogen (secondary N) is 1. The van der Waals surface area contributed by atoms with Crippen molar-refractivity contribution in [2.45, 2.75) is 38.5 Å². The van der Waals surface area contributed by atoms with Crippen LogP contribution in [0.4, 0.5) is 9.18 Å². The molecule has 2 rings (SSSR count). The van der Waals surface area contributed by atoms with Crippen LogP contribution in [0.1, 0.15) is 23.6 Å². The fourth-order valence-electron chi connectivity index (χ4n) is 3.29. The lowest BCUT2D eigenvalue weighted by molar-refractivity contribution is -0.121. The number of carbonyl (C=O) groups excluding carboxylic acids is 1. The SMILES string of the molecule is CCc1cccc(CN(CC(O)C(Cc2cc(O)cc(F)c2)NC(=O)CN)C(=O)O)c1. The number of aromatic hydroxyl groups is 1. The number of nitrogens with zero attached hydrogens (tertiary/aromatic N) is 1. The van der Waals surface area contributed by atoms with Crippen molar-refractivity contribution in [2.75, 3.05) is 13.1 Å². The van der Waals surface area contributed by atoms with E-state index < -0.39 is 30.0 Å². The summed E-state index contributed by atoms with van der Waals surface area (Å²) in [7, 11) is 0. The van der Waals surface area contributed by atoms with Gasteiger partial charge in [0.25, 0.3) is 0 Å². The van der Waals surface area contributed by atoms with Gasteiger partial charge in [-0.05, 0) is 41.7 Å². The monoisotopic (exact) mass is 433 g/mol. The van der Waals surface area contributed by atoms with Gasteiger partial charge in [0.15, 0.2) is 0 Å². The summed E-state index contributed by atoms with van der Waals surface area (Å²) >= 11 is 0. The zero-order valence-corrected chi connectivity index (χ0v) is 17.3. The first-order valence-corrected chi connectivity index (χ1v) is 9.93. The number of benzene rings is 2. The fourth-order valence-corrected chi connectivity index (χ4v) is 3.29. The molecule has 0 spiro atoms. The molecule has 2 aromatic rings. The van der Waals surface area contributed by atoms with Gasteiger partial charge in [-0.25, -0.2) is 9.18 Å². The van der Waals surface area contributed by atoms with Crippen molar-refractivity contribution in [3.05, 3.63) is 65.0 Å². The summed E-state index contributed by atoms with van der Waals surface area (Å²) in [6.07, 6.45) is -1.76. The number of carboxylic acid groups (broad SMARTS) is 1. The number of hydrogen-bond acceptors (Lipinski definition) is 5. The number of nitrogens with two attached hydrogens (primary N) is 1. The van der Waals surface area contributed by atoms with Gasteiger partial charge < -0.3 is 31.3 Å². The second kappa shape index (κ2) is 11.3. The first kappa shape index (κ1) is 24.1. The fraction of sp³-hybridized carbons (Fsp3) is 0.364. The van der Waals surface area contributed by atoms with E-state index in [1.807, 2.05) is 25.1 Å². The van der Waals surface area contributed by atoms with Crippen LogP contribution in [0.3, 0.4) is 0 Å². The first-order valence-electron chi connectivity index (χ1n) is 9.93. The number of hydrogen-bond donors (Lipinski definition) is 5. The van der Waals surface area contributed by atoms with E-state index in [-0.39, 0.29) is 31.8 Å². The van der Waals surface area contributed by atoms with Gasteiger partial charge in [0.1, 0.15) is 11.6 Å². The van der Waals surface area contributed by atoms with Gasteiger partial charge in [0.2, 0.25) is 5.91 Å². The lowest BCUT2D eigenvalue weighted by atomic mass is 10.00. The Balaban J connectivity index is 2.18. The largest absolute Gasteiger partial charge is 0.508 e. The predicted octanol–water partition coefficient (Wildman–Crippen LogP) is 1.62. The molecular weight excluding hydrogens is 405 g/mol. The van der Waals surface area contributed by atoms with Crippen molar-refractivity contribution < 1.29 is 29.3 Å². The van der Waals surface area contributed by atoms with E-state index in [4.69, 9.17) is 5.73 Å². The van der Waals surface area contributed by atoms with Gasteiger partial charge in [0, 0.05) is 12.6 Å². The molecule has 9 heteroatoms. The minimum absolute atomic E-state index is 0.0307. The van der Waals surface area contributed by atoms with E-state index in [1.165, 1.54) is 12.1 Å². The third-order valence-electron chi connectivity index (χ3n) is 4.85. The molecule has 0 heterocycles. The Morgan fingerprint density at radius 2 is 1.87 bits per heavy atom. The van der Waals surface area contributed by atoms with Crippen LogP contribution < -0.4 is 11.1 Å². The van der Waals surface area contributed by atoms with E-state index in [0.717, 1.165) is 28.5 Å². The van der Waals surface area contributed by atoms with Crippen LogP contribution in [0.25, 0.3) is 0 Å². The molecule has 2 aromatic carbocycles. The maximum Gasteiger partial charge on any atom is 0.407 e. The second-order valence-electron chi connectivity index (χ2n) is 7.30. The lowest BCUT2D eigenvalue weighted by Crippen LogP contribution is -2.51. The predicted molar refractivity (Wildman–Crippen MR) is 113 cm³/mol. The molecule has 2 amide bonds. The molecule has 0 saturated carbocycles. The molecule has 0 aliphatic carbocycles. The number of aryl methyl sites for hydroxylation is 1. The zero-order valence-electron chi connectivity index (χ0n) is 17.3. The Labute approximate surface area is 180 Å². The van der Waals surface area contributed by atoms with E-state index in [1.54, 1.807) is 6.07 Å². The van der Waals surface area contributed by atoms with Crippen molar-refractivity contribution >= 4 is 12.0 Å². The lowest BCUT2D eigenvalue weighted by Gasteiger charge is -2.29. The summed E-state index contributed by atoms with van der Waals surface area (Å²) < 4.78 is 13.6. The Hall–Kier alpha value is -3.17. The van der Waals surface area contributed by atoms with Crippen molar-refractivity contribution in [3.8, 4) is 5.75 Å². The van der Waals surface area contributed by atoms with Crippen molar-refractivity contribution in [3.63, 3.8) is 0 Å². The van der Waals surface area contributed by atoms with Crippen LogP contribution in [-0.2, 0) is 24.2 Å². The first-order chi connectivity index (χ1) is 14.7. The minimum Gasteiger partial charge on any atom is -0.508 e. The van der Waals surface area contributed by atoms with Crippen LogP contribution in [0.2, 0.25) is 0 Å². The number of amides is 2. The third kappa shape index (κ3) is 7.54. The van der Waals surface area contributed by atoms with Gasteiger partial charge in [-0.3, -0.25) is 4.79 Å².